The molecule has 2 heteroatoms. The summed E-state index contributed by atoms with van der Waals surface area (Å²) in [7, 11) is 0. The number of fused-ring (bicyclic) bond motifs is 1. The molecule has 0 aliphatic heterocycles. The highest BCUT2D eigenvalue weighted by Gasteiger charge is 2.62. The van der Waals surface area contributed by atoms with Crippen LogP contribution in [0.2, 0.25) is 0 Å². The van der Waals surface area contributed by atoms with Crippen molar-refractivity contribution in [3.8, 4) is 6.07 Å². The average Bonchev–Trinajstić information content (AvgIpc) is 2.82. The molecule has 106 valence electrons. The van der Waals surface area contributed by atoms with Gasteiger partial charge in [0.2, 0.25) is 0 Å². The molecule has 0 aromatic heterocycles. The Labute approximate surface area is 121 Å². The van der Waals surface area contributed by atoms with E-state index >= 15 is 0 Å². The molecule has 0 amide bonds. The molecule has 2 nitrogen and oxygen atoms in total. The lowest BCUT2D eigenvalue weighted by Crippen LogP contribution is -2.60. The first-order valence-electron chi connectivity index (χ1n) is 7.69. The fourth-order valence-electron chi connectivity index (χ4n) is 4.53. The van der Waals surface area contributed by atoms with Crippen LogP contribution in [0.3, 0.4) is 0 Å². The van der Waals surface area contributed by atoms with Crippen molar-refractivity contribution in [1.82, 2.24) is 0 Å². The van der Waals surface area contributed by atoms with E-state index in [4.69, 9.17) is 0 Å². The summed E-state index contributed by atoms with van der Waals surface area (Å²) in [4.78, 5) is 0. The van der Waals surface area contributed by atoms with Crippen molar-refractivity contribution in [2.45, 2.75) is 63.4 Å². The molecule has 0 bridgehead atoms. The number of benzene rings is 1. The number of aliphatic hydroxyl groups is 1. The second-order valence-corrected chi connectivity index (χ2v) is 7.13. The van der Waals surface area contributed by atoms with E-state index < -0.39 is 11.0 Å². The van der Waals surface area contributed by atoms with E-state index in [1.807, 2.05) is 18.2 Å². The number of hydrogen-bond donors (Lipinski definition) is 1. The van der Waals surface area contributed by atoms with Crippen molar-refractivity contribution in [3.05, 3.63) is 35.4 Å². The van der Waals surface area contributed by atoms with Gasteiger partial charge in [0.1, 0.15) is 5.41 Å². The van der Waals surface area contributed by atoms with E-state index in [0.717, 1.165) is 44.1 Å². The van der Waals surface area contributed by atoms with Gasteiger partial charge in [0.15, 0.2) is 0 Å². The number of hydrogen-bond acceptors (Lipinski definition) is 2. The fourth-order valence-corrected chi connectivity index (χ4v) is 4.53. The van der Waals surface area contributed by atoms with Gasteiger partial charge in [-0.1, -0.05) is 51.0 Å². The van der Waals surface area contributed by atoms with Gasteiger partial charge in [0.25, 0.3) is 0 Å². The predicted octanol–water partition coefficient (Wildman–Crippen LogP) is 3.73. The Balaban J connectivity index is 2.18. The van der Waals surface area contributed by atoms with Crippen LogP contribution < -0.4 is 0 Å². The summed E-state index contributed by atoms with van der Waals surface area (Å²) in [6.07, 6.45) is 5.56. The molecule has 1 fully saturated rings. The summed E-state index contributed by atoms with van der Waals surface area (Å²) in [5.41, 5.74) is 0.453. The van der Waals surface area contributed by atoms with Gasteiger partial charge in [-0.25, -0.2) is 0 Å². The first kappa shape index (κ1) is 13.6. The maximum atomic E-state index is 11.6. The molecular weight excluding hydrogens is 246 g/mol. The molecule has 1 N–H and O–H groups in total. The second-order valence-electron chi connectivity index (χ2n) is 7.13. The Morgan fingerprint density at radius 1 is 1.10 bits per heavy atom. The highest BCUT2D eigenvalue weighted by Crippen LogP contribution is 2.58. The van der Waals surface area contributed by atoms with Crippen molar-refractivity contribution < 1.29 is 5.11 Å². The molecule has 1 saturated carbocycles. The number of rotatable bonds is 1. The van der Waals surface area contributed by atoms with Gasteiger partial charge in [0.05, 0.1) is 11.7 Å². The Morgan fingerprint density at radius 3 is 2.50 bits per heavy atom. The Morgan fingerprint density at radius 2 is 1.80 bits per heavy atom. The molecule has 0 heterocycles. The summed E-state index contributed by atoms with van der Waals surface area (Å²) in [6.45, 7) is 4.26. The van der Waals surface area contributed by atoms with Crippen molar-refractivity contribution in [2.24, 2.45) is 5.41 Å². The molecule has 0 saturated heterocycles. The Bertz CT molecular complexity index is 571. The number of nitriles is 1. The van der Waals surface area contributed by atoms with Crippen molar-refractivity contribution in [2.75, 3.05) is 0 Å². The number of aryl methyl sites for hydroxylation is 1. The maximum absolute atomic E-state index is 11.6. The lowest BCUT2D eigenvalue weighted by Gasteiger charge is -2.54. The third kappa shape index (κ3) is 1.53. The largest absolute Gasteiger partial charge is 0.387 e. The molecular formula is C18H23NO. The summed E-state index contributed by atoms with van der Waals surface area (Å²) >= 11 is 0. The fraction of sp³-hybridized carbons (Fsp3) is 0.611. The minimum Gasteiger partial charge on any atom is -0.387 e. The topological polar surface area (TPSA) is 44.0 Å². The Kier molecular flexibility index (Phi) is 2.95. The summed E-state index contributed by atoms with van der Waals surface area (Å²) < 4.78 is 0. The first-order valence-corrected chi connectivity index (χ1v) is 7.69. The van der Waals surface area contributed by atoms with E-state index in [1.165, 1.54) is 5.56 Å². The van der Waals surface area contributed by atoms with E-state index in [9.17, 15) is 10.4 Å². The molecule has 20 heavy (non-hydrogen) atoms. The van der Waals surface area contributed by atoms with E-state index in [1.54, 1.807) is 0 Å². The van der Waals surface area contributed by atoms with Crippen LogP contribution in [0.15, 0.2) is 24.3 Å². The summed E-state index contributed by atoms with van der Waals surface area (Å²) in [6, 6.07) is 10.7. The van der Waals surface area contributed by atoms with Gasteiger partial charge in [-0.05, 0) is 42.2 Å². The van der Waals surface area contributed by atoms with Gasteiger partial charge in [-0.3, -0.25) is 0 Å². The minimum absolute atomic E-state index is 0.210. The van der Waals surface area contributed by atoms with Crippen LogP contribution in [0.25, 0.3) is 0 Å². The van der Waals surface area contributed by atoms with Crippen LogP contribution in [0.4, 0.5) is 0 Å². The van der Waals surface area contributed by atoms with Gasteiger partial charge in [-0.2, -0.15) is 5.26 Å². The molecule has 0 radical (unpaired) electrons. The van der Waals surface area contributed by atoms with E-state index in [2.05, 4.69) is 26.0 Å². The van der Waals surface area contributed by atoms with Crippen LogP contribution in [-0.4, -0.2) is 10.7 Å². The normalized spacial score (nSPS) is 35.3. The highest BCUT2D eigenvalue weighted by atomic mass is 16.3. The van der Waals surface area contributed by atoms with Crippen LogP contribution >= 0.6 is 0 Å². The monoisotopic (exact) mass is 269 g/mol. The molecule has 0 spiro atoms. The van der Waals surface area contributed by atoms with E-state index in [0.29, 0.717) is 0 Å². The average molecular weight is 269 g/mol. The molecule has 1 aromatic rings. The van der Waals surface area contributed by atoms with Crippen molar-refractivity contribution in [1.29, 1.82) is 5.26 Å². The number of nitrogens with zero attached hydrogens (tertiary/aromatic N) is 1. The first-order chi connectivity index (χ1) is 9.47. The quantitative estimate of drug-likeness (QED) is 0.844. The highest BCUT2D eigenvalue weighted by molar-refractivity contribution is 5.48. The van der Waals surface area contributed by atoms with Crippen LogP contribution in [-0.2, 0) is 11.8 Å². The minimum atomic E-state index is -0.917. The molecule has 2 aliphatic rings. The molecule has 3 rings (SSSR count). The van der Waals surface area contributed by atoms with Gasteiger partial charge in [-0.15, -0.1) is 0 Å². The van der Waals surface area contributed by atoms with Crippen LogP contribution in [0.5, 0.6) is 0 Å². The molecule has 2 atom stereocenters. The zero-order valence-corrected chi connectivity index (χ0v) is 12.4. The van der Waals surface area contributed by atoms with Crippen LogP contribution in [0, 0.1) is 16.7 Å². The third-order valence-corrected chi connectivity index (χ3v) is 5.85. The molecule has 2 unspecified atom stereocenters. The third-order valence-electron chi connectivity index (χ3n) is 5.85. The van der Waals surface area contributed by atoms with E-state index in [-0.39, 0.29) is 5.41 Å². The lowest BCUT2D eigenvalue weighted by atomic mass is 9.52. The molecule has 1 aromatic carbocycles. The summed E-state index contributed by atoms with van der Waals surface area (Å²) in [5.74, 6) is 0. The predicted molar refractivity (Wildman–Crippen MR) is 79.3 cm³/mol. The standard InChI is InChI=1S/C18H23NO/c1-16(2)10-5-6-11-18(16,20)17(13-19)12-9-14-7-3-4-8-15(14)17/h3-4,7-8,20H,5-6,9-12H2,1-2H3. The molecule has 2 aliphatic carbocycles. The smallest absolute Gasteiger partial charge is 0.112 e. The van der Waals surface area contributed by atoms with Crippen LogP contribution in [0.1, 0.15) is 57.1 Å². The Hall–Kier alpha value is -1.33. The maximum Gasteiger partial charge on any atom is 0.112 e. The lowest BCUT2D eigenvalue weighted by molar-refractivity contribution is -0.136. The van der Waals surface area contributed by atoms with Crippen molar-refractivity contribution in [3.63, 3.8) is 0 Å². The zero-order chi connectivity index (χ0) is 14.4. The zero-order valence-electron chi connectivity index (χ0n) is 12.4. The van der Waals surface area contributed by atoms with Gasteiger partial charge >= 0.3 is 0 Å². The van der Waals surface area contributed by atoms with Crippen molar-refractivity contribution >= 4 is 0 Å². The SMILES string of the molecule is CC1(C)CCCCC1(O)C1(C#N)CCc2ccccc21. The summed E-state index contributed by atoms with van der Waals surface area (Å²) in [5, 5.41) is 21.6. The van der Waals surface area contributed by atoms with Gasteiger partial charge < -0.3 is 5.11 Å². The second kappa shape index (κ2) is 4.33. The van der Waals surface area contributed by atoms with Gasteiger partial charge in [0, 0.05) is 0 Å².